The second-order valence-corrected chi connectivity index (χ2v) is 6.08. The number of ether oxygens (including phenoxy) is 1. The van der Waals surface area contributed by atoms with Crippen LogP contribution >= 0.6 is 0 Å². The molecule has 1 aliphatic heterocycles. The zero-order chi connectivity index (χ0) is 16.8. The van der Waals surface area contributed by atoms with Crippen molar-refractivity contribution in [1.82, 2.24) is 4.90 Å². The third-order valence-electron chi connectivity index (χ3n) is 4.31. The molecule has 0 aliphatic carbocycles. The zero-order valence-electron chi connectivity index (χ0n) is 13.8. The summed E-state index contributed by atoms with van der Waals surface area (Å²) in [5.41, 5.74) is 7.56. The molecule has 2 N–H and O–H groups in total. The first-order valence-corrected chi connectivity index (χ1v) is 8.42. The minimum absolute atomic E-state index is 0.183. The van der Waals surface area contributed by atoms with E-state index in [9.17, 15) is 4.39 Å². The van der Waals surface area contributed by atoms with E-state index in [-0.39, 0.29) is 5.82 Å². The molecule has 2 aromatic rings. The molecular formula is C19H24FN3O. The third kappa shape index (κ3) is 4.61. The molecule has 1 saturated heterocycles. The van der Waals surface area contributed by atoms with Crippen molar-refractivity contribution in [2.24, 2.45) is 0 Å². The highest BCUT2D eigenvalue weighted by Gasteiger charge is 2.16. The summed E-state index contributed by atoms with van der Waals surface area (Å²) >= 11 is 0. The van der Waals surface area contributed by atoms with E-state index in [1.54, 1.807) is 0 Å². The van der Waals surface area contributed by atoms with Crippen molar-refractivity contribution in [3.8, 4) is 5.75 Å². The van der Waals surface area contributed by atoms with E-state index in [1.165, 1.54) is 12.1 Å². The van der Waals surface area contributed by atoms with Crippen LogP contribution in [0.1, 0.15) is 6.42 Å². The number of hydrogen-bond donors (Lipinski definition) is 1. The number of nitrogens with two attached hydrogens (primary N) is 1. The number of hydrogen-bond acceptors (Lipinski definition) is 4. The summed E-state index contributed by atoms with van der Waals surface area (Å²) in [7, 11) is 0. The zero-order valence-corrected chi connectivity index (χ0v) is 13.8. The van der Waals surface area contributed by atoms with Gasteiger partial charge in [0.2, 0.25) is 0 Å². The number of halogens is 1. The van der Waals surface area contributed by atoms with Gasteiger partial charge in [-0.2, -0.15) is 0 Å². The van der Waals surface area contributed by atoms with Crippen molar-refractivity contribution in [3.05, 3.63) is 54.3 Å². The molecule has 0 saturated carbocycles. The summed E-state index contributed by atoms with van der Waals surface area (Å²) < 4.78 is 18.7. The van der Waals surface area contributed by atoms with Gasteiger partial charge in [0.05, 0.1) is 6.61 Å². The fourth-order valence-electron chi connectivity index (χ4n) is 2.96. The molecule has 3 rings (SSSR count). The second kappa shape index (κ2) is 8.02. The summed E-state index contributed by atoms with van der Waals surface area (Å²) in [6.07, 6.45) is 0.991. The predicted octanol–water partition coefficient (Wildman–Crippen LogP) is 3.00. The highest BCUT2D eigenvalue weighted by molar-refractivity contribution is 5.46. The van der Waals surface area contributed by atoms with Crippen LogP contribution in [-0.4, -0.2) is 44.2 Å². The first-order valence-electron chi connectivity index (χ1n) is 8.42. The van der Waals surface area contributed by atoms with Gasteiger partial charge in [0, 0.05) is 50.2 Å². The number of rotatable bonds is 6. The van der Waals surface area contributed by atoms with E-state index in [0.717, 1.165) is 56.3 Å². The van der Waals surface area contributed by atoms with Crippen LogP contribution in [0.25, 0.3) is 0 Å². The molecule has 1 heterocycles. The van der Waals surface area contributed by atoms with Crippen molar-refractivity contribution in [3.63, 3.8) is 0 Å². The van der Waals surface area contributed by atoms with Gasteiger partial charge in [-0.3, -0.25) is 4.90 Å². The Labute approximate surface area is 142 Å². The average molecular weight is 329 g/mol. The van der Waals surface area contributed by atoms with Crippen molar-refractivity contribution in [1.29, 1.82) is 0 Å². The maximum atomic E-state index is 13.0. The Morgan fingerprint density at radius 1 is 1.00 bits per heavy atom. The monoisotopic (exact) mass is 329 g/mol. The molecule has 1 aliphatic rings. The summed E-state index contributed by atoms with van der Waals surface area (Å²) in [4.78, 5) is 4.75. The van der Waals surface area contributed by atoms with Crippen LogP contribution in [0, 0.1) is 5.82 Å². The van der Waals surface area contributed by atoms with Crippen LogP contribution < -0.4 is 15.4 Å². The van der Waals surface area contributed by atoms with Gasteiger partial charge < -0.3 is 15.4 Å². The SMILES string of the molecule is Nc1cccc(OCCCN2CCN(c3ccc(F)cc3)CC2)c1. The maximum Gasteiger partial charge on any atom is 0.123 e. The summed E-state index contributed by atoms with van der Waals surface area (Å²) in [5, 5.41) is 0. The van der Waals surface area contributed by atoms with E-state index >= 15 is 0 Å². The minimum Gasteiger partial charge on any atom is -0.493 e. The second-order valence-electron chi connectivity index (χ2n) is 6.08. The number of piperazine rings is 1. The smallest absolute Gasteiger partial charge is 0.123 e. The quantitative estimate of drug-likeness (QED) is 0.653. The molecule has 0 bridgehead atoms. The van der Waals surface area contributed by atoms with Crippen molar-refractivity contribution in [2.45, 2.75) is 6.42 Å². The summed E-state index contributed by atoms with van der Waals surface area (Å²) in [6.45, 7) is 5.72. The lowest BCUT2D eigenvalue weighted by atomic mass is 10.2. The molecule has 0 aromatic heterocycles. The number of nitrogen functional groups attached to an aromatic ring is 1. The van der Waals surface area contributed by atoms with E-state index in [2.05, 4.69) is 9.80 Å². The molecule has 0 amide bonds. The minimum atomic E-state index is -0.183. The van der Waals surface area contributed by atoms with Gasteiger partial charge in [0.1, 0.15) is 11.6 Å². The average Bonchev–Trinajstić information content (AvgIpc) is 2.60. The van der Waals surface area contributed by atoms with Crippen LogP contribution in [0.4, 0.5) is 15.8 Å². The molecule has 0 atom stereocenters. The summed E-state index contributed by atoms with van der Waals surface area (Å²) in [6, 6.07) is 14.3. The lowest BCUT2D eigenvalue weighted by Gasteiger charge is -2.36. The highest BCUT2D eigenvalue weighted by atomic mass is 19.1. The molecule has 1 fully saturated rings. The standard InChI is InChI=1S/C19H24FN3O/c20-16-5-7-18(8-6-16)23-12-10-22(11-13-23)9-2-14-24-19-4-1-3-17(21)15-19/h1,3-8,15H,2,9-14,21H2. The Bertz CT molecular complexity index is 639. The van der Waals surface area contributed by atoms with Gasteiger partial charge in [-0.25, -0.2) is 4.39 Å². The van der Waals surface area contributed by atoms with Crippen molar-refractivity contribution >= 4 is 11.4 Å². The highest BCUT2D eigenvalue weighted by Crippen LogP contribution is 2.17. The molecule has 2 aromatic carbocycles. The number of nitrogens with zero attached hydrogens (tertiary/aromatic N) is 2. The number of benzene rings is 2. The molecular weight excluding hydrogens is 305 g/mol. The van der Waals surface area contributed by atoms with Gasteiger partial charge in [-0.15, -0.1) is 0 Å². The van der Waals surface area contributed by atoms with Crippen LogP contribution in [0.2, 0.25) is 0 Å². The molecule has 0 spiro atoms. The molecule has 0 radical (unpaired) electrons. The molecule has 4 nitrogen and oxygen atoms in total. The van der Waals surface area contributed by atoms with E-state index in [4.69, 9.17) is 10.5 Å². The molecule has 5 heteroatoms. The molecule has 0 unspecified atom stereocenters. The van der Waals surface area contributed by atoms with Crippen LogP contribution in [-0.2, 0) is 0 Å². The van der Waals surface area contributed by atoms with Gasteiger partial charge in [0.25, 0.3) is 0 Å². The van der Waals surface area contributed by atoms with Gasteiger partial charge in [0.15, 0.2) is 0 Å². The fraction of sp³-hybridized carbons (Fsp3) is 0.368. The van der Waals surface area contributed by atoms with Crippen molar-refractivity contribution < 1.29 is 9.13 Å². The number of anilines is 2. The lowest BCUT2D eigenvalue weighted by Crippen LogP contribution is -2.46. The molecule has 128 valence electrons. The van der Waals surface area contributed by atoms with E-state index in [0.29, 0.717) is 6.61 Å². The van der Waals surface area contributed by atoms with Gasteiger partial charge in [-0.1, -0.05) is 6.07 Å². The Morgan fingerprint density at radius 3 is 2.46 bits per heavy atom. The topological polar surface area (TPSA) is 41.7 Å². The van der Waals surface area contributed by atoms with E-state index in [1.807, 2.05) is 36.4 Å². The Balaban J connectivity index is 1.36. The van der Waals surface area contributed by atoms with Gasteiger partial charge in [-0.05, 0) is 42.8 Å². The Hall–Kier alpha value is -2.27. The van der Waals surface area contributed by atoms with Crippen LogP contribution in [0.15, 0.2) is 48.5 Å². The fourth-order valence-corrected chi connectivity index (χ4v) is 2.96. The lowest BCUT2D eigenvalue weighted by molar-refractivity contribution is 0.225. The maximum absolute atomic E-state index is 13.0. The Kier molecular flexibility index (Phi) is 5.54. The third-order valence-corrected chi connectivity index (χ3v) is 4.31. The normalized spacial score (nSPS) is 15.5. The predicted molar refractivity (Wildman–Crippen MR) is 96.0 cm³/mol. The summed E-state index contributed by atoms with van der Waals surface area (Å²) in [5.74, 6) is 0.647. The van der Waals surface area contributed by atoms with Crippen LogP contribution in [0.5, 0.6) is 5.75 Å². The van der Waals surface area contributed by atoms with Gasteiger partial charge >= 0.3 is 0 Å². The first kappa shape index (κ1) is 16.6. The van der Waals surface area contributed by atoms with Crippen LogP contribution in [0.3, 0.4) is 0 Å². The molecule has 24 heavy (non-hydrogen) atoms. The first-order chi connectivity index (χ1) is 11.7. The largest absolute Gasteiger partial charge is 0.493 e. The Morgan fingerprint density at radius 2 is 1.75 bits per heavy atom. The van der Waals surface area contributed by atoms with Crippen molar-refractivity contribution in [2.75, 3.05) is 50.0 Å². The van der Waals surface area contributed by atoms with E-state index < -0.39 is 0 Å².